The highest BCUT2D eigenvalue weighted by molar-refractivity contribution is 8.14. The smallest absolute Gasteiger partial charge is 0.303 e. The normalized spacial score (nSPS) is 13.4. The monoisotopic (exact) mass is 369 g/mol. The third-order valence-corrected chi connectivity index (χ3v) is 5.00. The molecule has 0 amide bonds. The van der Waals surface area contributed by atoms with Crippen LogP contribution in [0.3, 0.4) is 0 Å². The highest BCUT2D eigenvalue weighted by Crippen LogP contribution is 2.30. The van der Waals surface area contributed by atoms with E-state index in [-0.39, 0.29) is 12.0 Å². The van der Waals surface area contributed by atoms with Gasteiger partial charge in [0.05, 0.1) is 17.1 Å². The number of thioether (sulfide) groups is 1. The minimum atomic E-state index is -0.811. The number of aryl methyl sites for hydroxylation is 2. The van der Waals surface area contributed by atoms with E-state index in [1.54, 1.807) is 22.8 Å². The standard InChI is InChI=1S/C19H16FN3O2S/c1-12-8-13(3-7-18(24)25)2-5-16(12)19-22-23(11-26-19)15-4-6-17(20)14(9-15)10-21/h2,4-6,8-9H,3,7,11H2,1H3,(H,24,25). The third kappa shape index (κ3) is 3.86. The SMILES string of the molecule is Cc1cc(CCC(=O)O)ccc1C1=NN(c2ccc(F)c(C#N)c2)CS1. The van der Waals surface area contributed by atoms with Crippen LogP contribution in [0, 0.1) is 24.1 Å². The van der Waals surface area contributed by atoms with Gasteiger partial charge in [-0.2, -0.15) is 10.4 Å². The number of benzene rings is 2. The molecule has 0 bridgehead atoms. The first-order valence-electron chi connectivity index (χ1n) is 7.98. The van der Waals surface area contributed by atoms with E-state index in [1.807, 2.05) is 31.2 Å². The van der Waals surface area contributed by atoms with E-state index in [2.05, 4.69) is 5.10 Å². The average molecular weight is 369 g/mol. The number of nitrogens with zero attached hydrogens (tertiary/aromatic N) is 3. The molecule has 0 unspecified atom stereocenters. The Morgan fingerprint density at radius 2 is 2.19 bits per heavy atom. The van der Waals surface area contributed by atoms with Gasteiger partial charge >= 0.3 is 5.97 Å². The van der Waals surface area contributed by atoms with Crippen LogP contribution in [0.15, 0.2) is 41.5 Å². The summed E-state index contributed by atoms with van der Waals surface area (Å²) < 4.78 is 13.5. The molecule has 7 heteroatoms. The van der Waals surface area contributed by atoms with Crippen molar-refractivity contribution in [3.05, 3.63) is 64.5 Å². The van der Waals surface area contributed by atoms with Crippen LogP contribution >= 0.6 is 11.8 Å². The molecule has 1 heterocycles. The van der Waals surface area contributed by atoms with E-state index in [0.717, 1.165) is 21.7 Å². The van der Waals surface area contributed by atoms with Gasteiger partial charge in [-0.1, -0.05) is 30.0 Å². The lowest BCUT2D eigenvalue weighted by molar-refractivity contribution is -0.136. The van der Waals surface area contributed by atoms with E-state index in [9.17, 15) is 9.18 Å². The second kappa shape index (κ2) is 7.58. The molecule has 0 saturated heterocycles. The van der Waals surface area contributed by atoms with Crippen LogP contribution in [-0.4, -0.2) is 22.0 Å². The summed E-state index contributed by atoms with van der Waals surface area (Å²) in [5.41, 5.74) is 3.65. The molecule has 1 N–H and O–H groups in total. The molecule has 26 heavy (non-hydrogen) atoms. The number of rotatable bonds is 5. The Kier molecular flexibility index (Phi) is 5.24. The van der Waals surface area contributed by atoms with Crippen molar-refractivity contribution >= 4 is 28.5 Å². The molecule has 1 aliphatic rings. The number of hydrogen-bond donors (Lipinski definition) is 1. The molecule has 0 aromatic heterocycles. The van der Waals surface area contributed by atoms with E-state index in [4.69, 9.17) is 10.4 Å². The zero-order valence-electron chi connectivity index (χ0n) is 14.1. The minimum absolute atomic E-state index is 0.00452. The number of hydrazone groups is 1. The second-order valence-corrected chi connectivity index (χ2v) is 6.83. The quantitative estimate of drug-likeness (QED) is 0.865. The topological polar surface area (TPSA) is 76.7 Å². The maximum absolute atomic E-state index is 13.5. The lowest BCUT2D eigenvalue weighted by Gasteiger charge is -2.12. The Bertz CT molecular complexity index is 937. The lowest BCUT2D eigenvalue weighted by atomic mass is 10.0. The first-order valence-corrected chi connectivity index (χ1v) is 8.97. The zero-order valence-corrected chi connectivity index (χ0v) is 14.9. The predicted molar refractivity (Wildman–Crippen MR) is 99.7 cm³/mol. The number of nitriles is 1. The largest absolute Gasteiger partial charge is 0.481 e. The van der Waals surface area contributed by atoms with Gasteiger partial charge in [-0.25, -0.2) is 4.39 Å². The average Bonchev–Trinajstić information content (AvgIpc) is 3.10. The van der Waals surface area contributed by atoms with Crippen molar-refractivity contribution in [3.63, 3.8) is 0 Å². The van der Waals surface area contributed by atoms with Crippen molar-refractivity contribution in [1.29, 1.82) is 5.26 Å². The molecule has 0 atom stereocenters. The highest BCUT2D eigenvalue weighted by Gasteiger charge is 2.20. The van der Waals surface area contributed by atoms with Crippen LogP contribution < -0.4 is 5.01 Å². The van der Waals surface area contributed by atoms with Gasteiger partial charge in [-0.05, 0) is 42.7 Å². The van der Waals surface area contributed by atoms with Gasteiger partial charge in [0.2, 0.25) is 0 Å². The Morgan fingerprint density at radius 1 is 1.38 bits per heavy atom. The van der Waals surface area contributed by atoms with Crippen LogP contribution in [0.1, 0.15) is 28.7 Å². The van der Waals surface area contributed by atoms with Gasteiger partial charge in [-0.3, -0.25) is 9.80 Å². The molecule has 5 nitrogen and oxygen atoms in total. The minimum Gasteiger partial charge on any atom is -0.481 e. The summed E-state index contributed by atoms with van der Waals surface area (Å²) >= 11 is 1.56. The number of aliphatic carboxylic acids is 1. The number of anilines is 1. The molecule has 2 aromatic rings. The number of hydrogen-bond acceptors (Lipinski definition) is 5. The van der Waals surface area contributed by atoms with Crippen molar-refractivity contribution in [2.75, 3.05) is 10.9 Å². The molecule has 1 aliphatic heterocycles. The number of halogens is 1. The summed E-state index contributed by atoms with van der Waals surface area (Å²) in [6.45, 7) is 1.97. The van der Waals surface area contributed by atoms with Gasteiger partial charge in [0.1, 0.15) is 16.9 Å². The van der Waals surface area contributed by atoms with Gasteiger partial charge in [0.15, 0.2) is 0 Å². The fraction of sp³-hybridized carbons (Fsp3) is 0.211. The van der Waals surface area contributed by atoms with Crippen molar-refractivity contribution in [1.82, 2.24) is 0 Å². The Hall–Kier alpha value is -2.85. The summed E-state index contributed by atoms with van der Waals surface area (Å²) in [7, 11) is 0. The van der Waals surface area contributed by atoms with Crippen molar-refractivity contribution in [2.24, 2.45) is 5.10 Å². The van der Waals surface area contributed by atoms with E-state index < -0.39 is 11.8 Å². The molecule has 0 spiro atoms. The van der Waals surface area contributed by atoms with Crippen LogP contribution in [0.4, 0.5) is 10.1 Å². The van der Waals surface area contributed by atoms with Crippen LogP contribution in [0.2, 0.25) is 0 Å². The van der Waals surface area contributed by atoms with Gasteiger partial charge in [-0.15, -0.1) is 0 Å². The third-order valence-electron chi connectivity index (χ3n) is 4.05. The van der Waals surface area contributed by atoms with E-state index >= 15 is 0 Å². The van der Waals surface area contributed by atoms with E-state index in [0.29, 0.717) is 18.0 Å². The fourth-order valence-corrected chi connectivity index (χ4v) is 3.68. The first-order chi connectivity index (χ1) is 12.5. The first kappa shape index (κ1) is 18.0. The predicted octanol–water partition coefficient (Wildman–Crippen LogP) is 3.90. The molecule has 132 valence electrons. The van der Waals surface area contributed by atoms with E-state index in [1.165, 1.54) is 12.1 Å². The van der Waals surface area contributed by atoms with Gasteiger partial charge in [0, 0.05) is 12.0 Å². The second-order valence-electron chi connectivity index (χ2n) is 5.90. The van der Waals surface area contributed by atoms with Crippen LogP contribution in [0.25, 0.3) is 0 Å². The summed E-state index contributed by atoms with van der Waals surface area (Å²) in [4.78, 5) is 10.7. The Balaban J connectivity index is 1.81. The molecule has 3 rings (SSSR count). The summed E-state index contributed by atoms with van der Waals surface area (Å²) in [5, 5.41) is 24.9. The van der Waals surface area contributed by atoms with Crippen molar-refractivity contribution in [2.45, 2.75) is 19.8 Å². The molecular formula is C19H16FN3O2S. The Labute approximate surface area is 154 Å². The molecule has 0 saturated carbocycles. The highest BCUT2D eigenvalue weighted by atomic mass is 32.2. The van der Waals surface area contributed by atoms with Crippen molar-refractivity contribution < 1.29 is 14.3 Å². The van der Waals surface area contributed by atoms with Crippen LogP contribution in [0.5, 0.6) is 0 Å². The van der Waals surface area contributed by atoms with Crippen molar-refractivity contribution in [3.8, 4) is 6.07 Å². The zero-order chi connectivity index (χ0) is 18.7. The van der Waals surface area contributed by atoms with Gasteiger partial charge in [0.25, 0.3) is 0 Å². The summed E-state index contributed by atoms with van der Waals surface area (Å²) in [5.74, 6) is -0.777. The molecule has 0 radical (unpaired) electrons. The molecule has 2 aromatic carbocycles. The number of carbonyl (C=O) groups is 1. The maximum atomic E-state index is 13.5. The molecular weight excluding hydrogens is 353 g/mol. The summed E-state index contributed by atoms with van der Waals surface area (Å²) in [6, 6.07) is 12.1. The summed E-state index contributed by atoms with van der Waals surface area (Å²) in [6.07, 6.45) is 0.600. The lowest BCUT2D eigenvalue weighted by Crippen LogP contribution is -2.10. The number of carboxylic acid groups (broad SMARTS) is 1. The number of carboxylic acids is 1. The fourth-order valence-electron chi connectivity index (χ4n) is 2.69. The maximum Gasteiger partial charge on any atom is 0.303 e. The Morgan fingerprint density at radius 3 is 2.88 bits per heavy atom. The molecule has 0 aliphatic carbocycles. The van der Waals surface area contributed by atoms with Gasteiger partial charge < -0.3 is 5.11 Å². The van der Waals surface area contributed by atoms with Crippen LogP contribution in [-0.2, 0) is 11.2 Å². The molecule has 0 fully saturated rings.